The van der Waals surface area contributed by atoms with E-state index in [0.717, 1.165) is 17.9 Å². The van der Waals surface area contributed by atoms with Crippen molar-refractivity contribution >= 4 is 5.96 Å². The van der Waals surface area contributed by atoms with Crippen molar-refractivity contribution in [1.29, 1.82) is 0 Å². The Hall–Kier alpha value is -2.34. The van der Waals surface area contributed by atoms with Crippen LogP contribution >= 0.6 is 0 Å². The average Bonchev–Trinajstić information content (AvgIpc) is 3.07. The Morgan fingerprint density at radius 3 is 2.50 bits per heavy atom. The topological polar surface area (TPSA) is 82.7 Å². The Labute approximate surface area is 155 Å². The Morgan fingerprint density at radius 1 is 1.23 bits per heavy atom. The summed E-state index contributed by atoms with van der Waals surface area (Å²) in [5.41, 5.74) is 1.97. The van der Waals surface area contributed by atoms with Crippen molar-refractivity contribution in [2.75, 3.05) is 13.1 Å². The molecule has 0 fully saturated rings. The van der Waals surface area contributed by atoms with Gasteiger partial charge in [0.1, 0.15) is 12.3 Å². The smallest absolute Gasteiger partial charge is 0.216 e. The number of nitrogens with one attached hydrogen (secondary N) is 2. The Kier molecular flexibility index (Phi) is 6.80. The second kappa shape index (κ2) is 8.85. The van der Waals surface area contributed by atoms with Crippen molar-refractivity contribution in [3.05, 3.63) is 53.2 Å². The fourth-order valence-electron chi connectivity index (χ4n) is 2.32. The van der Waals surface area contributed by atoms with E-state index in [9.17, 15) is 5.11 Å². The van der Waals surface area contributed by atoms with Gasteiger partial charge in [-0.1, -0.05) is 50.6 Å². The van der Waals surface area contributed by atoms with Gasteiger partial charge in [0.2, 0.25) is 5.89 Å². The number of oxazole rings is 1. The largest absolute Gasteiger partial charge is 0.443 e. The third-order valence-electron chi connectivity index (χ3n) is 3.93. The highest BCUT2D eigenvalue weighted by atomic mass is 16.4. The quantitative estimate of drug-likeness (QED) is 0.546. The molecule has 0 bridgehead atoms. The first-order valence-electron chi connectivity index (χ1n) is 9.01. The molecule has 1 unspecified atom stereocenters. The molecule has 0 radical (unpaired) electrons. The normalized spacial score (nSPS) is 13.5. The molecule has 0 spiro atoms. The maximum Gasteiger partial charge on any atom is 0.216 e. The van der Waals surface area contributed by atoms with E-state index in [1.807, 2.05) is 38.1 Å². The minimum Gasteiger partial charge on any atom is -0.443 e. The van der Waals surface area contributed by atoms with Crippen molar-refractivity contribution in [2.45, 2.75) is 52.7 Å². The molecule has 1 aromatic carbocycles. The van der Waals surface area contributed by atoms with E-state index in [2.05, 4.69) is 41.4 Å². The summed E-state index contributed by atoms with van der Waals surface area (Å²) in [5.74, 6) is 2.04. The van der Waals surface area contributed by atoms with E-state index in [1.54, 1.807) is 6.20 Å². The summed E-state index contributed by atoms with van der Waals surface area (Å²) in [6.45, 7) is 11.7. The van der Waals surface area contributed by atoms with E-state index in [1.165, 1.54) is 5.56 Å². The number of hydrogen-bond acceptors (Lipinski definition) is 4. The molecule has 2 aromatic rings. The lowest BCUT2D eigenvalue weighted by molar-refractivity contribution is 0.181. The Balaban J connectivity index is 1.95. The first-order chi connectivity index (χ1) is 12.3. The van der Waals surface area contributed by atoms with E-state index >= 15 is 0 Å². The molecule has 2 rings (SSSR count). The van der Waals surface area contributed by atoms with Gasteiger partial charge in [-0.2, -0.15) is 0 Å². The van der Waals surface area contributed by atoms with Crippen molar-refractivity contribution in [1.82, 2.24) is 15.6 Å². The SMILES string of the molecule is CCNC(=NCc1ncc(C(C)(C)C)o1)NCC(O)c1ccc(C)cc1. The lowest BCUT2D eigenvalue weighted by Gasteiger charge is -2.15. The molecule has 0 saturated carbocycles. The lowest BCUT2D eigenvalue weighted by atomic mass is 9.94. The molecule has 0 saturated heterocycles. The maximum absolute atomic E-state index is 10.3. The molecule has 1 heterocycles. The third-order valence-corrected chi connectivity index (χ3v) is 3.93. The van der Waals surface area contributed by atoms with E-state index in [0.29, 0.717) is 24.9 Å². The zero-order valence-corrected chi connectivity index (χ0v) is 16.3. The number of benzene rings is 1. The fraction of sp³-hybridized carbons (Fsp3) is 0.500. The lowest BCUT2D eigenvalue weighted by Crippen LogP contribution is -2.39. The standard InChI is InChI=1S/C20H30N4O2/c1-6-21-19(23-11-16(25)15-9-7-14(2)8-10-15)24-13-18-22-12-17(26-18)20(3,4)5/h7-10,12,16,25H,6,11,13H2,1-5H3,(H2,21,23,24). The molecule has 1 aromatic heterocycles. The molecule has 26 heavy (non-hydrogen) atoms. The average molecular weight is 358 g/mol. The van der Waals surface area contributed by atoms with Crippen LogP contribution in [0.3, 0.4) is 0 Å². The van der Waals surface area contributed by atoms with Gasteiger partial charge in [0.15, 0.2) is 5.96 Å². The minimum absolute atomic E-state index is 0.0736. The van der Waals surface area contributed by atoms with Crippen LogP contribution in [0.1, 0.15) is 56.6 Å². The van der Waals surface area contributed by atoms with Crippen molar-refractivity contribution in [3.8, 4) is 0 Å². The molecule has 1 atom stereocenters. The molecular weight excluding hydrogens is 328 g/mol. The Bertz CT molecular complexity index is 714. The molecule has 6 nitrogen and oxygen atoms in total. The molecular formula is C20H30N4O2. The van der Waals surface area contributed by atoms with Crippen LogP contribution in [0.5, 0.6) is 0 Å². The third kappa shape index (κ3) is 5.88. The van der Waals surface area contributed by atoms with Crippen LogP contribution in [0.4, 0.5) is 0 Å². The summed E-state index contributed by atoms with van der Waals surface area (Å²) in [7, 11) is 0. The van der Waals surface area contributed by atoms with Crippen molar-refractivity contribution in [3.63, 3.8) is 0 Å². The Morgan fingerprint density at radius 2 is 1.92 bits per heavy atom. The summed E-state index contributed by atoms with van der Waals surface area (Å²) in [6.07, 6.45) is 1.15. The molecule has 142 valence electrons. The number of aliphatic imine (C=N–C) groups is 1. The van der Waals surface area contributed by atoms with Gasteiger partial charge in [0.25, 0.3) is 0 Å². The number of nitrogens with zero attached hydrogens (tertiary/aromatic N) is 2. The second-order valence-electron chi connectivity index (χ2n) is 7.37. The predicted octanol–water partition coefficient (Wildman–Crippen LogP) is 3.07. The number of aryl methyl sites for hydroxylation is 1. The summed E-state index contributed by atoms with van der Waals surface area (Å²) in [6, 6.07) is 7.86. The number of guanidine groups is 1. The fourth-order valence-corrected chi connectivity index (χ4v) is 2.32. The molecule has 6 heteroatoms. The second-order valence-corrected chi connectivity index (χ2v) is 7.37. The van der Waals surface area contributed by atoms with Crippen molar-refractivity contribution < 1.29 is 9.52 Å². The van der Waals surface area contributed by atoms with Crippen LogP contribution in [-0.4, -0.2) is 29.1 Å². The number of rotatable bonds is 6. The van der Waals surface area contributed by atoms with E-state index in [4.69, 9.17) is 4.42 Å². The van der Waals surface area contributed by atoms with Gasteiger partial charge in [-0.25, -0.2) is 9.98 Å². The zero-order chi connectivity index (χ0) is 19.2. The zero-order valence-electron chi connectivity index (χ0n) is 16.3. The monoisotopic (exact) mass is 358 g/mol. The summed E-state index contributed by atoms with van der Waals surface area (Å²) >= 11 is 0. The minimum atomic E-state index is -0.603. The molecule has 0 amide bonds. The first kappa shape index (κ1) is 20.0. The molecule has 0 aliphatic carbocycles. The number of aliphatic hydroxyl groups excluding tert-OH is 1. The first-order valence-corrected chi connectivity index (χ1v) is 9.01. The van der Waals surface area contributed by atoms with Gasteiger partial charge >= 0.3 is 0 Å². The number of aromatic nitrogens is 1. The molecule has 0 aliphatic heterocycles. The summed E-state index contributed by atoms with van der Waals surface area (Å²) in [5, 5.41) is 16.7. The number of aliphatic hydroxyl groups is 1. The summed E-state index contributed by atoms with van der Waals surface area (Å²) in [4.78, 5) is 8.77. The van der Waals surface area contributed by atoms with Crippen LogP contribution in [-0.2, 0) is 12.0 Å². The molecule has 0 aliphatic rings. The summed E-state index contributed by atoms with van der Waals surface area (Å²) < 4.78 is 5.76. The van der Waals surface area contributed by atoms with E-state index < -0.39 is 6.10 Å². The molecule has 3 N–H and O–H groups in total. The van der Waals surface area contributed by atoms with E-state index in [-0.39, 0.29) is 5.41 Å². The van der Waals surface area contributed by atoms with Gasteiger partial charge in [0.05, 0.1) is 12.3 Å². The van der Waals surface area contributed by atoms with Crippen LogP contribution in [0, 0.1) is 6.92 Å². The van der Waals surface area contributed by atoms with Gasteiger partial charge in [-0.05, 0) is 19.4 Å². The van der Waals surface area contributed by atoms with Crippen LogP contribution in [0.2, 0.25) is 0 Å². The van der Waals surface area contributed by atoms with Crippen molar-refractivity contribution in [2.24, 2.45) is 4.99 Å². The van der Waals surface area contributed by atoms with Gasteiger partial charge in [-0.15, -0.1) is 0 Å². The van der Waals surface area contributed by atoms with Gasteiger partial charge in [-0.3, -0.25) is 0 Å². The highest BCUT2D eigenvalue weighted by Crippen LogP contribution is 2.22. The number of hydrogen-bond donors (Lipinski definition) is 3. The van der Waals surface area contributed by atoms with Crippen LogP contribution in [0.15, 0.2) is 39.9 Å². The maximum atomic E-state index is 10.3. The predicted molar refractivity (Wildman–Crippen MR) is 104 cm³/mol. The van der Waals surface area contributed by atoms with Crippen LogP contribution < -0.4 is 10.6 Å². The highest BCUT2D eigenvalue weighted by molar-refractivity contribution is 5.79. The van der Waals surface area contributed by atoms with Gasteiger partial charge in [0, 0.05) is 18.5 Å². The highest BCUT2D eigenvalue weighted by Gasteiger charge is 2.19. The van der Waals surface area contributed by atoms with Gasteiger partial charge < -0.3 is 20.2 Å². The van der Waals surface area contributed by atoms with Crippen LogP contribution in [0.25, 0.3) is 0 Å².